The predicted octanol–water partition coefficient (Wildman–Crippen LogP) is 3.34. The minimum absolute atomic E-state index is 0.205. The molecule has 0 unspecified atom stereocenters. The van der Waals surface area contributed by atoms with Crippen LogP contribution in [0.1, 0.15) is 26.3 Å². The highest BCUT2D eigenvalue weighted by molar-refractivity contribution is 9.10. The minimum atomic E-state index is 0.205. The van der Waals surface area contributed by atoms with Crippen LogP contribution in [0.3, 0.4) is 0 Å². The van der Waals surface area contributed by atoms with Gasteiger partial charge in [-0.05, 0) is 24.2 Å². The van der Waals surface area contributed by atoms with Gasteiger partial charge in [0.15, 0.2) is 0 Å². The van der Waals surface area contributed by atoms with E-state index in [0.29, 0.717) is 0 Å². The number of hydrogen-bond donors (Lipinski definition) is 1. The van der Waals surface area contributed by atoms with Gasteiger partial charge in [-0.3, -0.25) is 0 Å². The van der Waals surface area contributed by atoms with E-state index in [4.69, 9.17) is 0 Å². The van der Waals surface area contributed by atoms with Gasteiger partial charge in [-0.15, -0.1) is 0 Å². The summed E-state index contributed by atoms with van der Waals surface area (Å²) >= 11 is 3.45. The molecule has 1 aromatic carbocycles. The monoisotopic (exact) mass is 255 g/mol. The van der Waals surface area contributed by atoms with Crippen molar-refractivity contribution in [3.05, 3.63) is 34.3 Å². The van der Waals surface area contributed by atoms with E-state index in [1.165, 1.54) is 5.56 Å². The first kappa shape index (κ1) is 11.7. The molecule has 0 saturated carbocycles. The lowest BCUT2D eigenvalue weighted by molar-refractivity contribution is 0.477. The van der Waals surface area contributed by atoms with Crippen LogP contribution in [0.2, 0.25) is 0 Å². The van der Waals surface area contributed by atoms with Crippen molar-refractivity contribution in [1.82, 2.24) is 5.32 Å². The van der Waals surface area contributed by atoms with Crippen LogP contribution in [0.25, 0.3) is 0 Å². The van der Waals surface area contributed by atoms with Gasteiger partial charge in [0.2, 0.25) is 0 Å². The van der Waals surface area contributed by atoms with E-state index < -0.39 is 0 Å². The summed E-state index contributed by atoms with van der Waals surface area (Å²) in [7, 11) is 0. The number of likely N-dealkylation sites (N-methyl/N-ethyl adjacent to an activating group) is 1. The molecule has 0 spiro atoms. The van der Waals surface area contributed by atoms with E-state index in [-0.39, 0.29) is 5.41 Å². The summed E-state index contributed by atoms with van der Waals surface area (Å²) in [5, 5.41) is 3.39. The Morgan fingerprint density at radius 1 is 1.21 bits per heavy atom. The van der Waals surface area contributed by atoms with Crippen molar-refractivity contribution in [2.45, 2.75) is 26.2 Å². The molecule has 1 rings (SSSR count). The Morgan fingerprint density at radius 2 is 1.79 bits per heavy atom. The average Bonchev–Trinajstić information content (AvgIpc) is 2.16. The molecule has 1 nitrogen and oxygen atoms in total. The molecule has 0 heterocycles. The molecule has 0 aliphatic carbocycles. The van der Waals surface area contributed by atoms with Crippen molar-refractivity contribution >= 4 is 15.9 Å². The summed E-state index contributed by atoms with van der Waals surface area (Å²) in [5.41, 5.74) is 1.58. The summed E-state index contributed by atoms with van der Waals surface area (Å²) in [6.45, 7) is 8.71. The van der Waals surface area contributed by atoms with E-state index >= 15 is 0 Å². The van der Waals surface area contributed by atoms with Crippen LogP contribution < -0.4 is 5.32 Å². The fourth-order valence-electron chi connectivity index (χ4n) is 1.44. The number of hydrogen-bond acceptors (Lipinski definition) is 1. The van der Waals surface area contributed by atoms with Crippen molar-refractivity contribution in [3.63, 3.8) is 0 Å². The van der Waals surface area contributed by atoms with Crippen LogP contribution in [0, 0.1) is 0 Å². The molecule has 0 radical (unpaired) electrons. The fourth-order valence-corrected chi connectivity index (χ4v) is 1.70. The van der Waals surface area contributed by atoms with Crippen LogP contribution in [-0.4, -0.2) is 13.1 Å². The maximum absolute atomic E-state index is 3.45. The molecule has 0 saturated heterocycles. The largest absolute Gasteiger partial charge is 0.316 e. The van der Waals surface area contributed by atoms with Crippen molar-refractivity contribution in [2.24, 2.45) is 0 Å². The predicted molar refractivity (Wildman–Crippen MR) is 65.7 cm³/mol. The molecule has 2 heteroatoms. The molecular formula is C12H18BrN. The molecule has 0 atom stereocenters. The minimum Gasteiger partial charge on any atom is -0.316 e. The van der Waals surface area contributed by atoms with E-state index in [2.05, 4.69) is 66.3 Å². The highest BCUT2D eigenvalue weighted by atomic mass is 79.9. The van der Waals surface area contributed by atoms with Gasteiger partial charge in [-0.25, -0.2) is 0 Å². The molecule has 0 bridgehead atoms. The number of rotatable bonds is 4. The number of benzene rings is 1. The van der Waals surface area contributed by atoms with E-state index in [0.717, 1.165) is 17.6 Å². The van der Waals surface area contributed by atoms with E-state index in [1.54, 1.807) is 0 Å². The third-order valence-electron chi connectivity index (χ3n) is 2.44. The Kier molecular flexibility index (Phi) is 4.14. The first-order valence-corrected chi connectivity index (χ1v) is 5.82. The fraction of sp³-hybridized carbons (Fsp3) is 0.500. The average molecular weight is 256 g/mol. The van der Waals surface area contributed by atoms with E-state index in [1.807, 2.05) is 0 Å². The number of halogens is 1. The van der Waals surface area contributed by atoms with Crippen molar-refractivity contribution in [1.29, 1.82) is 0 Å². The van der Waals surface area contributed by atoms with Gasteiger partial charge in [0.25, 0.3) is 0 Å². The van der Waals surface area contributed by atoms with Gasteiger partial charge in [0, 0.05) is 16.4 Å². The highest BCUT2D eigenvalue weighted by Crippen LogP contribution is 2.23. The molecule has 0 aromatic heterocycles. The van der Waals surface area contributed by atoms with Crippen LogP contribution in [-0.2, 0) is 5.41 Å². The molecule has 0 amide bonds. The Balaban J connectivity index is 2.75. The molecular weight excluding hydrogens is 238 g/mol. The lowest BCUT2D eigenvalue weighted by Gasteiger charge is -2.25. The van der Waals surface area contributed by atoms with Crippen LogP contribution in [0.15, 0.2) is 28.7 Å². The quantitative estimate of drug-likeness (QED) is 0.871. The Labute approximate surface area is 95.0 Å². The third kappa shape index (κ3) is 3.10. The molecule has 0 aliphatic heterocycles. The first-order valence-electron chi connectivity index (χ1n) is 5.03. The van der Waals surface area contributed by atoms with Gasteiger partial charge in [-0.1, -0.05) is 48.8 Å². The van der Waals surface area contributed by atoms with Crippen LogP contribution in [0.4, 0.5) is 0 Å². The maximum Gasteiger partial charge on any atom is 0.0175 e. The summed E-state index contributed by atoms with van der Waals surface area (Å²) in [6, 6.07) is 8.56. The third-order valence-corrected chi connectivity index (χ3v) is 2.97. The second kappa shape index (κ2) is 4.94. The highest BCUT2D eigenvalue weighted by Gasteiger charge is 2.19. The second-order valence-corrected chi connectivity index (χ2v) is 5.09. The molecule has 0 fully saturated rings. The normalized spacial score (nSPS) is 11.7. The van der Waals surface area contributed by atoms with Gasteiger partial charge >= 0.3 is 0 Å². The molecule has 14 heavy (non-hydrogen) atoms. The maximum atomic E-state index is 3.45. The Morgan fingerprint density at radius 3 is 2.29 bits per heavy atom. The standard InChI is InChI=1S/C12H18BrN/c1-4-14-9-12(2,3)10-5-7-11(13)8-6-10/h5-8,14H,4,9H2,1-3H3. The van der Waals surface area contributed by atoms with Gasteiger partial charge in [0.05, 0.1) is 0 Å². The van der Waals surface area contributed by atoms with Gasteiger partial charge in [0.1, 0.15) is 0 Å². The Hall–Kier alpha value is -0.340. The molecule has 78 valence electrons. The molecule has 1 aromatic rings. The zero-order valence-corrected chi connectivity index (χ0v) is 10.7. The van der Waals surface area contributed by atoms with Gasteiger partial charge < -0.3 is 5.32 Å². The zero-order valence-electron chi connectivity index (χ0n) is 9.10. The first-order chi connectivity index (χ1) is 6.56. The lowest BCUT2D eigenvalue weighted by atomic mass is 9.85. The summed E-state index contributed by atoms with van der Waals surface area (Å²) < 4.78 is 1.14. The summed E-state index contributed by atoms with van der Waals surface area (Å²) in [5.74, 6) is 0. The summed E-state index contributed by atoms with van der Waals surface area (Å²) in [4.78, 5) is 0. The molecule has 1 N–H and O–H groups in total. The number of nitrogens with one attached hydrogen (secondary N) is 1. The smallest absolute Gasteiger partial charge is 0.0175 e. The molecule has 0 aliphatic rings. The lowest BCUT2D eigenvalue weighted by Crippen LogP contribution is -2.32. The topological polar surface area (TPSA) is 12.0 Å². The summed E-state index contributed by atoms with van der Waals surface area (Å²) in [6.07, 6.45) is 0. The van der Waals surface area contributed by atoms with Crippen LogP contribution in [0.5, 0.6) is 0 Å². The SMILES string of the molecule is CCNCC(C)(C)c1ccc(Br)cc1. The zero-order chi connectivity index (χ0) is 10.6. The van der Waals surface area contributed by atoms with Crippen LogP contribution >= 0.6 is 15.9 Å². The van der Waals surface area contributed by atoms with Gasteiger partial charge in [-0.2, -0.15) is 0 Å². The van der Waals surface area contributed by atoms with Crippen molar-refractivity contribution < 1.29 is 0 Å². The Bertz CT molecular complexity index is 277. The second-order valence-electron chi connectivity index (χ2n) is 4.17. The van der Waals surface area contributed by atoms with Crippen molar-refractivity contribution in [3.8, 4) is 0 Å². The van der Waals surface area contributed by atoms with Crippen molar-refractivity contribution in [2.75, 3.05) is 13.1 Å². The van der Waals surface area contributed by atoms with E-state index in [9.17, 15) is 0 Å².